The van der Waals surface area contributed by atoms with E-state index in [9.17, 15) is 0 Å². The molecule has 0 spiro atoms. The summed E-state index contributed by atoms with van der Waals surface area (Å²) in [5.74, 6) is 0. The van der Waals surface area contributed by atoms with Crippen molar-refractivity contribution in [3.8, 4) is 78.4 Å². The van der Waals surface area contributed by atoms with Gasteiger partial charge in [-0.15, -0.1) is 34.0 Å². The minimum absolute atomic E-state index is 0.909. The molecule has 680 valence electrons. The van der Waals surface area contributed by atoms with E-state index >= 15 is 0 Å². The van der Waals surface area contributed by atoms with Crippen LogP contribution in [0, 0.1) is 0 Å². The van der Waals surface area contributed by atoms with Gasteiger partial charge in [-0.2, -0.15) is 0 Å². The number of rotatable bonds is 7. The highest BCUT2D eigenvalue weighted by Gasteiger charge is 2.27. The summed E-state index contributed by atoms with van der Waals surface area (Å²) in [6.45, 7) is 0. The van der Waals surface area contributed by atoms with Crippen LogP contribution < -0.4 is 0 Å². The quantitative estimate of drug-likeness (QED) is 0.148. The van der Waals surface area contributed by atoms with Crippen molar-refractivity contribution in [2.45, 2.75) is 0 Å². The lowest BCUT2D eigenvalue weighted by atomic mass is 9.89. The number of para-hydroxylation sites is 4. The van der Waals surface area contributed by atoms with Crippen LogP contribution in [-0.2, 0) is 0 Å². The highest BCUT2D eigenvalue weighted by Crippen LogP contribution is 2.53. The van der Waals surface area contributed by atoms with Gasteiger partial charge in [-0.05, 0) is 161 Å². The molecule has 0 unspecified atom stereocenters. The van der Waals surface area contributed by atoms with E-state index in [-0.39, 0.29) is 0 Å². The summed E-state index contributed by atoms with van der Waals surface area (Å²) in [6, 6.07) is 170. The fourth-order valence-electron chi connectivity index (χ4n) is 23.8. The second kappa shape index (κ2) is 33.1. The molecule has 0 aliphatic carbocycles. The number of benzene rings is 24. The van der Waals surface area contributed by atoms with Crippen LogP contribution in [0.1, 0.15) is 0 Å². The fraction of sp³-hybridized carbons (Fsp3) is 0. The third kappa shape index (κ3) is 13.1. The minimum Gasteiger partial charge on any atom is -0.455 e. The molecule has 0 aliphatic rings. The van der Waals surface area contributed by atoms with Crippen molar-refractivity contribution in [1.82, 2.24) is 19.9 Å². The first-order valence-electron chi connectivity index (χ1n) is 49.9. The van der Waals surface area contributed by atoms with Gasteiger partial charge in [-0.25, -0.2) is 19.9 Å². The summed E-state index contributed by atoms with van der Waals surface area (Å²) in [6.07, 6.45) is 0. The molecular formula is C138H78N4O2S3. The van der Waals surface area contributed by atoms with Gasteiger partial charge < -0.3 is 8.83 Å². The molecule has 33 rings (SSSR count). The van der Waals surface area contributed by atoms with Crippen molar-refractivity contribution < 1.29 is 8.83 Å². The summed E-state index contributed by atoms with van der Waals surface area (Å²) in [5, 5.41) is 39.1. The number of hydrogen-bond acceptors (Lipinski definition) is 9. The highest BCUT2D eigenvalue weighted by molar-refractivity contribution is 7.27. The van der Waals surface area contributed by atoms with Gasteiger partial charge in [0, 0.05) is 180 Å². The smallest absolute Gasteiger partial charge is 0.143 e. The van der Waals surface area contributed by atoms with Gasteiger partial charge in [0.1, 0.15) is 22.3 Å². The maximum Gasteiger partial charge on any atom is 0.143 e. The molecule has 0 fully saturated rings. The van der Waals surface area contributed by atoms with Gasteiger partial charge in [0.25, 0.3) is 0 Å². The minimum atomic E-state index is 0.909. The second-order valence-electron chi connectivity index (χ2n) is 38.6. The molecule has 6 nitrogen and oxygen atoms in total. The maximum atomic E-state index is 6.79. The molecule has 9 heteroatoms. The van der Waals surface area contributed by atoms with Gasteiger partial charge in [0.15, 0.2) is 0 Å². The number of thiophene rings is 3. The number of pyridine rings is 4. The van der Waals surface area contributed by atoms with Crippen LogP contribution in [-0.4, -0.2) is 19.9 Å². The summed E-state index contributed by atoms with van der Waals surface area (Å²) >= 11 is 5.63. The standard InChI is InChI=1S/C48H28N2S.2C45H25NOS/c1-2-12-30(13-3-1)47-40-28-39(32-14-4-5-16-34(32)44(40)36-17-6-9-19-41(36)50-47)29-22-24-31(25-23-29)46-38-27-26-35-33-15-8-11-21-43(33)51-48(35)45(38)37-18-7-10-20-42(37)49-46;1-3-14-30-26(10-1)20-23-38-41(30)42-31-15-4-2-11-28(31)25-36(44(42)47-38)27-12-9-13-29(24-27)43-35-22-21-33-32-16-6-8-19-39(32)48-45(33)40(35)34-17-5-7-18-37(34)46-43;1-2-10-29-25-39-37(23-28(29)9-1)41-31-12-4-3-11-30(31)24-36(44(41)47-39)26-17-19-27(20-18-26)43-35-22-21-33-32-13-6-8-16-40(32)48-45(33)42(35)34-14-5-7-15-38(34)46-43/h1-28H;2*1-25H. The molecule has 0 saturated carbocycles. The molecule has 0 atom stereocenters. The largest absolute Gasteiger partial charge is 0.455 e. The van der Waals surface area contributed by atoms with Crippen molar-refractivity contribution in [3.63, 3.8) is 0 Å². The summed E-state index contributed by atoms with van der Waals surface area (Å²) in [7, 11) is 0. The Morgan fingerprint density at radius 2 is 0.490 bits per heavy atom. The van der Waals surface area contributed by atoms with Gasteiger partial charge in [-0.1, -0.05) is 388 Å². The van der Waals surface area contributed by atoms with Crippen LogP contribution in [0.15, 0.2) is 482 Å². The molecule has 0 saturated heterocycles. The first kappa shape index (κ1) is 83.2. The molecule has 0 amide bonds. The van der Waals surface area contributed by atoms with E-state index in [0.29, 0.717) is 0 Å². The molecule has 9 aromatic heterocycles. The highest BCUT2D eigenvalue weighted by atomic mass is 32.1. The van der Waals surface area contributed by atoms with Crippen LogP contribution in [0.2, 0.25) is 0 Å². The molecule has 0 aliphatic heterocycles. The van der Waals surface area contributed by atoms with Crippen LogP contribution in [0.5, 0.6) is 0 Å². The first-order chi connectivity index (χ1) is 72.9. The lowest BCUT2D eigenvalue weighted by Crippen LogP contribution is -1.93. The molecular weight excluding hydrogens is 1840 g/mol. The average Bonchev–Trinajstić information content (AvgIpc) is 1.52. The van der Waals surface area contributed by atoms with Crippen LogP contribution >= 0.6 is 34.0 Å². The van der Waals surface area contributed by atoms with Gasteiger partial charge in [0.2, 0.25) is 0 Å². The second-order valence-corrected chi connectivity index (χ2v) is 41.7. The first-order valence-corrected chi connectivity index (χ1v) is 52.4. The maximum absolute atomic E-state index is 6.79. The molecule has 147 heavy (non-hydrogen) atoms. The van der Waals surface area contributed by atoms with Crippen molar-refractivity contribution in [2.75, 3.05) is 0 Å². The topological polar surface area (TPSA) is 77.8 Å². The zero-order chi connectivity index (χ0) is 96.2. The number of aromatic nitrogens is 4. The molecule has 9 heterocycles. The molecule has 33 aromatic rings. The number of fused-ring (bicyclic) bond motifs is 39. The SMILES string of the molecule is c1cc(-c2nc3ccccc3c3c2ccc2c4ccccc4sc23)cc(-c2cc3ccccc3c3c2oc2ccc4ccccc4c23)c1.c1ccc(-c2nc3ccccc3c3c2cc(-c2ccc(-c4nc5ccccc5c5c4ccc4c6ccccc6sc45)cc2)c2ccccc23)cc1.c1ccc2cc3c(cc2c1)oc1c(-c2ccc(-c4nc5ccccc5c5c4ccc4c6ccccc6sc45)cc2)cc2ccccc2c13. The zero-order valence-corrected chi connectivity index (χ0v) is 81.3. The van der Waals surface area contributed by atoms with E-state index in [4.69, 9.17) is 28.8 Å². The molecule has 24 aromatic carbocycles. The Morgan fingerprint density at radius 1 is 0.150 bits per heavy atom. The third-order valence-electron chi connectivity index (χ3n) is 30.4. The van der Waals surface area contributed by atoms with Crippen molar-refractivity contribution in [3.05, 3.63) is 473 Å². The Hall–Kier alpha value is -18.5. The number of nitrogens with zero attached hydrogens (tertiary/aromatic N) is 4. The van der Waals surface area contributed by atoms with Gasteiger partial charge in [-0.3, -0.25) is 0 Å². The average molecular weight is 1920 g/mol. The Labute approximate surface area is 852 Å². The molecule has 0 radical (unpaired) electrons. The molecule has 0 bridgehead atoms. The van der Waals surface area contributed by atoms with E-state index in [1.807, 2.05) is 34.0 Å². The van der Waals surface area contributed by atoms with Gasteiger partial charge >= 0.3 is 0 Å². The van der Waals surface area contributed by atoms with E-state index in [1.54, 1.807) is 0 Å². The van der Waals surface area contributed by atoms with E-state index in [1.165, 1.54) is 201 Å². The Kier molecular flexibility index (Phi) is 18.7. The number of furan rings is 2. The van der Waals surface area contributed by atoms with Crippen molar-refractivity contribution in [2.24, 2.45) is 0 Å². The predicted octanol–water partition coefficient (Wildman–Crippen LogP) is 40.2. The Bertz CT molecular complexity index is 11400. The lowest BCUT2D eigenvalue weighted by Gasteiger charge is -2.16. The predicted molar refractivity (Wildman–Crippen MR) is 629 cm³/mol. The van der Waals surface area contributed by atoms with E-state index in [2.05, 4.69) is 473 Å². The van der Waals surface area contributed by atoms with Crippen LogP contribution in [0.25, 0.3) is 323 Å². The van der Waals surface area contributed by atoms with Crippen molar-refractivity contribution in [1.29, 1.82) is 0 Å². The van der Waals surface area contributed by atoms with Crippen LogP contribution in [0.3, 0.4) is 0 Å². The summed E-state index contributed by atoms with van der Waals surface area (Å²) in [4.78, 5) is 21.1. The summed E-state index contributed by atoms with van der Waals surface area (Å²) in [5.41, 5.74) is 22.9. The normalized spacial score (nSPS) is 12.1. The Morgan fingerprint density at radius 3 is 1.00 bits per heavy atom. The Balaban J connectivity index is 0.0000001000. The monoisotopic (exact) mass is 1920 g/mol. The van der Waals surface area contributed by atoms with E-state index in [0.717, 1.165) is 122 Å². The lowest BCUT2D eigenvalue weighted by molar-refractivity contribution is 0.670. The van der Waals surface area contributed by atoms with Gasteiger partial charge in [0.05, 0.1) is 44.8 Å². The zero-order valence-electron chi connectivity index (χ0n) is 78.9. The molecule has 0 N–H and O–H groups in total. The summed E-state index contributed by atoms with van der Waals surface area (Å²) < 4.78 is 21.4. The van der Waals surface area contributed by atoms with Crippen LogP contribution in [0.4, 0.5) is 0 Å². The third-order valence-corrected chi connectivity index (χ3v) is 34.1. The van der Waals surface area contributed by atoms with E-state index < -0.39 is 0 Å². The fourth-order valence-corrected chi connectivity index (χ4v) is 27.6. The number of hydrogen-bond donors (Lipinski definition) is 0. The van der Waals surface area contributed by atoms with Crippen molar-refractivity contribution >= 4 is 279 Å².